The molecular weight excluding hydrogens is 250 g/mol. The van der Waals surface area contributed by atoms with E-state index in [0.717, 1.165) is 11.7 Å². The first kappa shape index (κ1) is 12.9. The van der Waals surface area contributed by atoms with Crippen LogP contribution in [0.3, 0.4) is 0 Å². The normalized spacial score (nSPS) is 12.1. The second-order valence-electron chi connectivity index (χ2n) is 2.94. The Morgan fingerprint density at radius 2 is 2.44 bits per heavy atom. The van der Waals surface area contributed by atoms with Crippen LogP contribution in [0.4, 0.5) is 0 Å². The number of hydrogen-bond donors (Lipinski definition) is 2. The third-order valence-electron chi connectivity index (χ3n) is 1.81. The van der Waals surface area contributed by atoms with Crippen LogP contribution in [0.1, 0.15) is 16.9 Å². The summed E-state index contributed by atoms with van der Waals surface area (Å²) >= 11 is 2.44. The van der Waals surface area contributed by atoms with Gasteiger partial charge >= 0.3 is 5.97 Å². The van der Waals surface area contributed by atoms with E-state index < -0.39 is 17.9 Å². The molecule has 0 fully saturated rings. The molecule has 16 heavy (non-hydrogen) atoms. The van der Waals surface area contributed by atoms with Crippen LogP contribution in [-0.2, 0) is 4.79 Å². The van der Waals surface area contributed by atoms with Crippen molar-refractivity contribution < 1.29 is 14.7 Å². The minimum absolute atomic E-state index is 0.153. The minimum atomic E-state index is -1.04. The number of aliphatic carboxylic acids is 1. The van der Waals surface area contributed by atoms with Crippen LogP contribution in [0.15, 0.2) is 6.20 Å². The summed E-state index contributed by atoms with van der Waals surface area (Å²) in [7, 11) is 0. The van der Waals surface area contributed by atoms with E-state index in [0.29, 0.717) is 12.2 Å². The summed E-state index contributed by atoms with van der Waals surface area (Å²) in [5.41, 5.74) is 0.153. The molecule has 0 bridgehead atoms. The molecule has 1 heterocycles. The van der Waals surface area contributed by atoms with Crippen LogP contribution in [0, 0.1) is 0 Å². The molecule has 0 aromatic carbocycles. The maximum absolute atomic E-state index is 11.5. The standard InChI is InChI=1S/C8H11N3O3S2/c1-15-3-2-5(8(13)14)10-7(12)6-4-9-16-11-6/h4-5H,2-3H2,1H3,(H,10,12)(H,13,14)/t5-/m1/s1. The van der Waals surface area contributed by atoms with Crippen LogP contribution in [-0.4, -0.2) is 43.8 Å². The molecule has 8 heteroatoms. The monoisotopic (exact) mass is 261 g/mol. The number of rotatable bonds is 6. The van der Waals surface area contributed by atoms with Crippen LogP contribution >= 0.6 is 23.5 Å². The largest absolute Gasteiger partial charge is 0.480 e. The predicted octanol–water partition coefficient (Wildman–Crippen LogP) is 0.474. The smallest absolute Gasteiger partial charge is 0.326 e. The fraction of sp³-hybridized carbons (Fsp3) is 0.500. The molecule has 1 rings (SSSR count). The van der Waals surface area contributed by atoms with Crippen molar-refractivity contribution in [3.63, 3.8) is 0 Å². The van der Waals surface area contributed by atoms with Crippen molar-refractivity contribution in [2.75, 3.05) is 12.0 Å². The number of aromatic nitrogens is 2. The van der Waals surface area contributed by atoms with Gasteiger partial charge in [-0.1, -0.05) is 0 Å². The van der Waals surface area contributed by atoms with Gasteiger partial charge in [0.05, 0.1) is 17.9 Å². The first-order chi connectivity index (χ1) is 7.65. The highest BCUT2D eigenvalue weighted by atomic mass is 32.2. The summed E-state index contributed by atoms with van der Waals surface area (Å²) in [4.78, 5) is 22.4. The maximum Gasteiger partial charge on any atom is 0.326 e. The van der Waals surface area contributed by atoms with Crippen molar-refractivity contribution in [1.29, 1.82) is 0 Å². The Bertz CT molecular complexity index is 355. The molecule has 0 saturated heterocycles. The third kappa shape index (κ3) is 3.78. The predicted molar refractivity (Wildman–Crippen MR) is 61.8 cm³/mol. The molecule has 0 aliphatic rings. The number of carbonyl (C=O) groups excluding carboxylic acids is 1. The van der Waals surface area contributed by atoms with Gasteiger partial charge in [-0.05, 0) is 18.4 Å². The van der Waals surface area contributed by atoms with Gasteiger partial charge in [-0.15, -0.1) is 0 Å². The van der Waals surface area contributed by atoms with Crippen molar-refractivity contribution in [1.82, 2.24) is 14.1 Å². The molecule has 1 atom stereocenters. The highest BCUT2D eigenvalue weighted by Gasteiger charge is 2.21. The van der Waals surface area contributed by atoms with E-state index >= 15 is 0 Å². The van der Waals surface area contributed by atoms with E-state index in [1.807, 2.05) is 6.26 Å². The number of nitrogens with one attached hydrogen (secondary N) is 1. The Morgan fingerprint density at radius 3 is 2.94 bits per heavy atom. The van der Waals surface area contributed by atoms with Gasteiger partial charge in [0.25, 0.3) is 5.91 Å². The molecule has 2 N–H and O–H groups in total. The number of carboxylic acids is 1. The first-order valence-electron chi connectivity index (χ1n) is 4.45. The lowest BCUT2D eigenvalue weighted by Gasteiger charge is -2.12. The van der Waals surface area contributed by atoms with Crippen LogP contribution < -0.4 is 5.32 Å². The van der Waals surface area contributed by atoms with Gasteiger partial charge in [0.1, 0.15) is 6.04 Å². The Morgan fingerprint density at radius 1 is 1.69 bits per heavy atom. The molecule has 88 valence electrons. The molecular formula is C8H11N3O3S2. The van der Waals surface area contributed by atoms with E-state index in [1.165, 1.54) is 18.0 Å². The molecule has 0 spiro atoms. The third-order valence-corrected chi connectivity index (χ3v) is 2.93. The second kappa shape index (κ2) is 6.44. The lowest BCUT2D eigenvalue weighted by molar-refractivity contribution is -0.139. The number of amides is 1. The van der Waals surface area contributed by atoms with E-state index in [-0.39, 0.29) is 5.69 Å². The molecule has 0 unspecified atom stereocenters. The number of hydrogen-bond acceptors (Lipinski definition) is 6. The molecule has 0 saturated carbocycles. The van der Waals surface area contributed by atoms with Crippen LogP contribution in [0.5, 0.6) is 0 Å². The highest BCUT2D eigenvalue weighted by Crippen LogP contribution is 2.03. The summed E-state index contributed by atoms with van der Waals surface area (Å²) in [5, 5.41) is 11.3. The summed E-state index contributed by atoms with van der Waals surface area (Å²) in [6.07, 6.45) is 3.58. The van der Waals surface area contributed by atoms with Crippen molar-refractivity contribution in [2.45, 2.75) is 12.5 Å². The van der Waals surface area contributed by atoms with Crippen LogP contribution in [0.2, 0.25) is 0 Å². The van der Waals surface area contributed by atoms with Crippen molar-refractivity contribution in [3.8, 4) is 0 Å². The molecule has 1 amide bonds. The molecule has 0 aliphatic heterocycles. The number of nitrogens with zero attached hydrogens (tertiary/aromatic N) is 2. The van der Waals surface area contributed by atoms with Gasteiger partial charge in [-0.25, -0.2) is 4.79 Å². The molecule has 1 aromatic heterocycles. The number of carbonyl (C=O) groups is 2. The minimum Gasteiger partial charge on any atom is -0.480 e. The SMILES string of the molecule is CSCC[C@@H](NC(=O)c1cnsn1)C(=O)O. The lowest BCUT2D eigenvalue weighted by Crippen LogP contribution is -2.41. The van der Waals surface area contributed by atoms with E-state index in [2.05, 4.69) is 14.1 Å². The highest BCUT2D eigenvalue weighted by molar-refractivity contribution is 7.98. The van der Waals surface area contributed by atoms with E-state index in [9.17, 15) is 9.59 Å². The fourth-order valence-corrected chi connectivity index (χ4v) is 1.87. The summed E-state index contributed by atoms with van der Waals surface area (Å²) in [6.45, 7) is 0. The lowest BCUT2D eigenvalue weighted by atomic mass is 10.2. The number of carboxylic acid groups (broad SMARTS) is 1. The zero-order valence-corrected chi connectivity index (χ0v) is 10.2. The zero-order valence-electron chi connectivity index (χ0n) is 8.54. The van der Waals surface area contributed by atoms with Crippen molar-refractivity contribution >= 4 is 35.4 Å². The molecule has 6 nitrogen and oxygen atoms in total. The van der Waals surface area contributed by atoms with Crippen molar-refractivity contribution in [2.24, 2.45) is 0 Å². The Hall–Kier alpha value is -1.15. The van der Waals surface area contributed by atoms with Gasteiger partial charge < -0.3 is 10.4 Å². The first-order valence-corrected chi connectivity index (χ1v) is 6.57. The van der Waals surface area contributed by atoms with Gasteiger partial charge in [0, 0.05) is 0 Å². The quantitative estimate of drug-likeness (QED) is 0.773. The van der Waals surface area contributed by atoms with Gasteiger partial charge in [-0.2, -0.15) is 20.5 Å². The average molecular weight is 261 g/mol. The summed E-state index contributed by atoms with van der Waals surface area (Å²) < 4.78 is 7.40. The van der Waals surface area contributed by atoms with Gasteiger partial charge in [0.2, 0.25) is 0 Å². The fourth-order valence-electron chi connectivity index (χ4n) is 0.990. The Kier molecular flexibility index (Phi) is 5.20. The number of thioether (sulfide) groups is 1. The topological polar surface area (TPSA) is 92.2 Å². The van der Waals surface area contributed by atoms with Crippen LogP contribution in [0.25, 0.3) is 0 Å². The summed E-state index contributed by atoms with van der Waals surface area (Å²) in [5.74, 6) is -0.861. The second-order valence-corrected chi connectivity index (χ2v) is 4.48. The van der Waals surface area contributed by atoms with E-state index in [1.54, 1.807) is 0 Å². The van der Waals surface area contributed by atoms with E-state index in [4.69, 9.17) is 5.11 Å². The Balaban J connectivity index is 2.54. The van der Waals surface area contributed by atoms with Gasteiger partial charge in [-0.3, -0.25) is 4.79 Å². The average Bonchev–Trinajstić information content (AvgIpc) is 2.76. The van der Waals surface area contributed by atoms with Crippen molar-refractivity contribution in [3.05, 3.63) is 11.9 Å². The van der Waals surface area contributed by atoms with Gasteiger partial charge in [0.15, 0.2) is 5.69 Å². The Labute approximate surface area is 101 Å². The maximum atomic E-state index is 11.5. The summed E-state index contributed by atoms with van der Waals surface area (Å²) in [6, 6.07) is -0.873. The molecule has 0 radical (unpaired) electrons. The zero-order chi connectivity index (χ0) is 12.0. The molecule has 0 aliphatic carbocycles. The molecule has 1 aromatic rings.